The van der Waals surface area contributed by atoms with E-state index in [0.717, 1.165) is 0 Å². The topological polar surface area (TPSA) is 58.9 Å². The first-order valence-electron chi connectivity index (χ1n) is 3.38. The number of hydrogen-bond donors (Lipinski definition) is 1. The van der Waals surface area contributed by atoms with E-state index in [1.54, 1.807) is 0 Å². The van der Waals surface area contributed by atoms with E-state index < -0.39 is 6.29 Å². The molecule has 1 aliphatic rings. The van der Waals surface area contributed by atoms with Crippen LogP contribution in [0.2, 0.25) is 0 Å². The Balaban J connectivity index is 2.42. The minimum absolute atomic E-state index is 0.0496. The summed E-state index contributed by atoms with van der Waals surface area (Å²) in [7, 11) is 0. The van der Waals surface area contributed by atoms with Gasteiger partial charge >= 0.3 is 0 Å². The molecule has 4 nitrogen and oxygen atoms in total. The number of rotatable bonds is 1. The van der Waals surface area contributed by atoms with Gasteiger partial charge in [-0.15, -0.1) is 0 Å². The van der Waals surface area contributed by atoms with Crippen LogP contribution in [0, 0.1) is 4.91 Å². The van der Waals surface area contributed by atoms with Crippen molar-refractivity contribution in [3.8, 4) is 0 Å². The lowest BCUT2D eigenvalue weighted by molar-refractivity contribution is -0.160. The summed E-state index contributed by atoms with van der Waals surface area (Å²) in [5.41, 5.74) is 0. The van der Waals surface area contributed by atoms with Crippen LogP contribution in [0.3, 0.4) is 0 Å². The third-order valence-electron chi connectivity index (χ3n) is 1.62. The lowest BCUT2D eigenvalue weighted by Crippen LogP contribution is -2.32. The van der Waals surface area contributed by atoms with Gasteiger partial charge in [0.2, 0.25) is 0 Å². The number of ether oxygens (including phenoxy) is 1. The molecule has 0 radical (unpaired) electrons. The maximum Gasteiger partial charge on any atom is 0.157 e. The highest BCUT2D eigenvalue weighted by Gasteiger charge is 2.25. The molecule has 0 aliphatic carbocycles. The predicted molar refractivity (Wildman–Crippen MR) is 35.4 cm³/mol. The van der Waals surface area contributed by atoms with Crippen molar-refractivity contribution in [2.24, 2.45) is 5.18 Å². The van der Waals surface area contributed by atoms with Crippen LogP contribution >= 0.6 is 0 Å². The summed E-state index contributed by atoms with van der Waals surface area (Å²) >= 11 is 0. The van der Waals surface area contributed by atoms with Crippen LogP contribution in [0.1, 0.15) is 19.8 Å². The van der Waals surface area contributed by atoms with Crippen molar-refractivity contribution in [3.05, 3.63) is 4.91 Å². The summed E-state index contributed by atoms with van der Waals surface area (Å²) in [6.07, 6.45) is 0.117. The lowest BCUT2D eigenvalue weighted by atomic mass is 10.0. The fourth-order valence-electron chi connectivity index (χ4n) is 1.18. The summed E-state index contributed by atoms with van der Waals surface area (Å²) < 4.78 is 4.97. The molecule has 0 aromatic rings. The minimum atomic E-state index is -0.800. The smallest absolute Gasteiger partial charge is 0.157 e. The fourth-order valence-corrected chi connectivity index (χ4v) is 1.18. The molecule has 0 aromatic heterocycles. The van der Waals surface area contributed by atoms with Gasteiger partial charge in [0.25, 0.3) is 0 Å². The Bertz CT molecular complexity index is 118. The zero-order chi connectivity index (χ0) is 7.56. The lowest BCUT2D eigenvalue weighted by Gasteiger charge is -2.26. The zero-order valence-electron chi connectivity index (χ0n) is 5.86. The Labute approximate surface area is 59.2 Å². The van der Waals surface area contributed by atoms with Crippen molar-refractivity contribution in [3.63, 3.8) is 0 Å². The van der Waals surface area contributed by atoms with E-state index >= 15 is 0 Å². The van der Waals surface area contributed by atoms with Gasteiger partial charge in [-0.25, -0.2) is 0 Å². The van der Waals surface area contributed by atoms with E-state index in [1.807, 2.05) is 6.92 Å². The Morgan fingerprint density at radius 3 is 2.80 bits per heavy atom. The van der Waals surface area contributed by atoms with Gasteiger partial charge in [0.15, 0.2) is 6.29 Å². The molecule has 1 aliphatic heterocycles. The Kier molecular flexibility index (Phi) is 2.34. The number of nitroso groups, excluding NO2 is 1. The normalized spacial score (nSPS) is 41.2. The average molecular weight is 145 g/mol. The zero-order valence-corrected chi connectivity index (χ0v) is 5.86. The number of aliphatic hydroxyl groups excluding tert-OH is 1. The first-order valence-corrected chi connectivity index (χ1v) is 3.38. The summed E-state index contributed by atoms with van der Waals surface area (Å²) in [6, 6.07) is -0.265. The quantitative estimate of drug-likeness (QED) is 0.551. The SMILES string of the molecule is CC1CC(N=O)CC(O)O1. The molecule has 3 unspecified atom stereocenters. The van der Waals surface area contributed by atoms with Gasteiger partial charge < -0.3 is 9.84 Å². The van der Waals surface area contributed by atoms with Crippen molar-refractivity contribution < 1.29 is 9.84 Å². The molecule has 4 heteroatoms. The summed E-state index contributed by atoms with van der Waals surface area (Å²) in [5.74, 6) is 0. The third kappa shape index (κ3) is 1.75. The Hall–Kier alpha value is -0.480. The summed E-state index contributed by atoms with van der Waals surface area (Å²) in [5, 5.41) is 11.8. The van der Waals surface area contributed by atoms with Gasteiger partial charge in [-0.2, -0.15) is 4.91 Å². The second-order valence-electron chi connectivity index (χ2n) is 2.63. The van der Waals surface area contributed by atoms with Gasteiger partial charge in [-0.3, -0.25) is 0 Å². The van der Waals surface area contributed by atoms with E-state index in [4.69, 9.17) is 9.84 Å². The molecule has 10 heavy (non-hydrogen) atoms. The van der Waals surface area contributed by atoms with Gasteiger partial charge in [-0.1, -0.05) is 5.18 Å². The largest absolute Gasteiger partial charge is 0.368 e. The van der Waals surface area contributed by atoms with Crippen LogP contribution in [-0.4, -0.2) is 23.5 Å². The molecular weight excluding hydrogens is 134 g/mol. The van der Waals surface area contributed by atoms with E-state index in [2.05, 4.69) is 5.18 Å². The molecular formula is C6H11NO3. The monoisotopic (exact) mass is 145 g/mol. The maximum absolute atomic E-state index is 10.0. The standard InChI is InChI=1S/C6H11NO3/c1-4-2-5(7-9)3-6(8)10-4/h4-6,8H,2-3H2,1H3. The third-order valence-corrected chi connectivity index (χ3v) is 1.62. The highest BCUT2D eigenvalue weighted by atomic mass is 16.6. The fraction of sp³-hybridized carbons (Fsp3) is 1.00. The molecule has 1 saturated heterocycles. The number of nitrogens with zero attached hydrogens (tertiary/aromatic N) is 1. The van der Waals surface area contributed by atoms with Crippen molar-refractivity contribution in [2.75, 3.05) is 0 Å². The molecule has 1 fully saturated rings. The molecule has 0 aromatic carbocycles. The van der Waals surface area contributed by atoms with Crippen LogP contribution in [0.15, 0.2) is 5.18 Å². The van der Waals surface area contributed by atoms with E-state index in [9.17, 15) is 4.91 Å². The molecule has 0 saturated carbocycles. The van der Waals surface area contributed by atoms with Gasteiger partial charge in [0.05, 0.1) is 12.1 Å². The Morgan fingerprint density at radius 1 is 1.60 bits per heavy atom. The predicted octanol–water partition coefficient (Wildman–Crippen LogP) is 0.639. The number of hydrogen-bond acceptors (Lipinski definition) is 4. The maximum atomic E-state index is 10.0. The molecule has 0 bridgehead atoms. The summed E-state index contributed by atoms with van der Waals surface area (Å²) in [6.45, 7) is 1.82. The highest BCUT2D eigenvalue weighted by molar-refractivity contribution is 4.75. The average Bonchev–Trinajstić information content (AvgIpc) is 1.85. The Morgan fingerprint density at radius 2 is 2.30 bits per heavy atom. The van der Waals surface area contributed by atoms with Crippen molar-refractivity contribution in [2.45, 2.75) is 38.2 Å². The van der Waals surface area contributed by atoms with E-state index in [1.165, 1.54) is 0 Å². The minimum Gasteiger partial charge on any atom is -0.368 e. The first-order chi connectivity index (χ1) is 4.72. The van der Waals surface area contributed by atoms with Crippen LogP contribution < -0.4 is 0 Å². The number of aliphatic hydroxyl groups is 1. The molecule has 1 rings (SSSR count). The van der Waals surface area contributed by atoms with E-state index in [-0.39, 0.29) is 12.1 Å². The van der Waals surface area contributed by atoms with Crippen LogP contribution in [0.25, 0.3) is 0 Å². The second-order valence-corrected chi connectivity index (χ2v) is 2.63. The molecule has 58 valence electrons. The van der Waals surface area contributed by atoms with Gasteiger partial charge in [-0.05, 0) is 13.3 Å². The summed E-state index contributed by atoms with van der Waals surface area (Å²) in [4.78, 5) is 10.0. The highest BCUT2D eigenvalue weighted by Crippen LogP contribution is 2.19. The second kappa shape index (κ2) is 3.07. The molecule has 0 amide bonds. The molecule has 0 spiro atoms. The van der Waals surface area contributed by atoms with Crippen molar-refractivity contribution in [1.82, 2.24) is 0 Å². The first kappa shape index (κ1) is 7.63. The van der Waals surface area contributed by atoms with Crippen molar-refractivity contribution in [1.29, 1.82) is 0 Å². The van der Waals surface area contributed by atoms with E-state index in [0.29, 0.717) is 12.8 Å². The molecule has 3 atom stereocenters. The molecule has 1 N–H and O–H groups in total. The van der Waals surface area contributed by atoms with Gasteiger partial charge in [0.1, 0.15) is 0 Å². The van der Waals surface area contributed by atoms with Crippen LogP contribution in [-0.2, 0) is 4.74 Å². The van der Waals surface area contributed by atoms with Crippen LogP contribution in [0.4, 0.5) is 0 Å². The van der Waals surface area contributed by atoms with Gasteiger partial charge in [0, 0.05) is 6.42 Å². The van der Waals surface area contributed by atoms with Crippen LogP contribution in [0.5, 0.6) is 0 Å². The molecule has 1 heterocycles. The van der Waals surface area contributed by atoms with Crippen molar-refractivity contribution >= 4 is 0 Å².